The van der Waals surface area contributed by atoms with Gasteiger partial charge in [-0.05, 0) is 57.2 Å². The monoisotopic (exact) mass is 471 g/mol. The number of benzene rings is 1. The van der Waals surface area contributed by atoms with Gasteiger partial charge in [0.15, 0.2) is 0 Å². The minimum Gasteiger partial charge on any atom is -0.494 e. The van der Waals surface area contributed by atoms with Crippen molar-refractivity contribution >= 4 is 15.9 Å². The van der Waals surface area contributed by atoms with Crippen LogP contribution in [0.5, 0.6) is 5.75 Å². The molecule has 1 aliphatic heterocycles. The first-order chi connectivity index (χ1) is 15.7. The van der Waals surface area contributed by atoms with Crippen LogP contribution < -0.4 is 4.74 Å². The summed E-state index contributed by atoms with van der Waals surface area (Å²) in [6.07, 6.45) is 1.58. The highest BCUT2D eigenvalue weighted by Crippen LogP contribution is 2.24. The van der Waals surface area contributed by atoms with Gasteiger partial charge in [-0.1, -0.05) is 0 Å². The van der Waals surface area contributed by atoms with Gasteiger partial charge in [0.2, 0.25) is 10.0 Å². The first-order valence-corrected chi connectivity index (χ1v) is 12.4. The van der Waals surface area contributed by atoms with Gasteiger partial charge >= 0.3 is 0 Å². The Morgan fingerprint density at radius 1 is 1.00 bits per heavy atom. The molecule has 9 nitrogen and oxygen atoms in total. The van der Waals surface area contributed by atoms with E-state index in [0.29, 0.717) is 36.8 Å². The molecule has 176 valence electrons. The van der Waals surface area contributed by atoms with Crippen LogP contribution in [-0.4, -0.2) is 70.7 Å². The Balaban J connectivity index is 1.49. The van der Waals surface area contributed by atoms with Crippen molar-refractivity contribution in [3.63, 3.8) is 0 Å². The fraction of sp³-hybridized carbons (Fsp3) is 0.391. The number of carbonyl (C=O) groups is 1. The van der Waals surface area contributed by atoms with Gasteiger partial charge in [-0.2, -0.15) is 9.40 Å². The minimum absolute atomic E-state index is 0.149. The Hall–Kier alpha value is -3.11. The summed E-state index contributed by atoms with van der Waals surface area (Å²) in [6.45, 7) is 7.46. The third-order valence-electron chi connectivity index (χ3n) is 5.92. The van der Waals surface area contributed by atoms with Crippen LogP contribution in [-0.2, 0) is 17.1 Å². The number of piperazine rings is 1. The molecule has 0 radical (unpaired) electrons. The van der Waals surface area contributed by atoms with E-state index in [1.807, 2.05) is 44.5 Å². The average Bonchev–Trinajstić information content (AvgIpc) is 3.34. The van der Waals surface area contributed by atoms with Gasteiger partial charge < -0.3 is 14.2 Å². The maximum absolute atomic E-state index is 13.4. The molecule has 1 aromatic carbocycles. The lowest BCUT2D eigenvalue weighted by atomic mass is 10.2. The van der Waals surface area contributed by atoms with Crippen LogP contribution in [0.2, 0.25) is 0 Å². The first kappa shape index (κ1) is 23.1. The van der Waals surface area contributed by atoms with E-state index in [1.54, 1.807) is 40.0 Å². The second-order valence-electron chi connectivity index (χ2n) is 8.06. The van der Waals surface area contributed by atoms with Crippen LogP contribution in [0, 0.1) is 13.8 Å². The summed E-state index contributed by atoms with van der Waals surface area (Å²) in [6, 6.07) is 10.4. The van der Waals surface area contributed by atoms with Crippen LogP contribution in [0.1, 0.15) is 28.7 Å². The summed E-state index contributed by atoms with van der Waals surface area (Å²) in [5.41, 5.74) is 2.52. The lowest BCUT2D eigenvalue weighted by Crippen LogP contribution is -2.50. The van der Waals surface area contributed by atoms with Crippen LogP contribution in [0.4, 0.5) is 0 Å². The maximum Gasteiger partial charge on any atom is 0.259 e. The van der Waals surface area contributed by atoms with E-state index < -0.39 is 10.0 Å². The number of carbonyl (C=O) groups excluding carboxylic acids is 1. The largest absolute Gasteiger partial charge is 0.494 e. The number of nitrogens with zero attached hydrogens (tertiary/aromatic N) is 5. The van der Waals surface area contributed by atoms with Crippen molar-refractivity contribution in [1.29, 1.82) is 0 Å². The normalized spacial score (nSPS) is 15.1. The quantitative estimate of drug-likeness (QED) is 0.551. The fourth-order valence-corrected chi connectivity index (χ4v) is 5.60. The van der Waals surface area contributed by atoms with Crippen molar-refractivity contribution in [1.82, 2.24) is 23.6 Å². The molecule has 10 heteroatoms. The highest BCUT2D eigenvalue weighted by atomic mass is 32.2. The van der Waals surface area contributed by atoms with Crippen LogP contribution in [0.25, 0.3) is 5.82 Å². The van der Waals surface area contributed by atoms with E-state index in [4.69, 9.17) is 4.74 Å². The van der Waals surface area contributed by atoms with Crippen molar-refractivity contribution < 1.29 is 17.9 Å². The van der Waals surface area contributed by atoms with Gasteiger partial charge in [-0.25, -0.2) is 8.42 Å². The number of aryl methyl sites for hydroxylation is 3. The lowest BCUT2D eigenvalue weighted by Gasteiger charge is -2.34. The van der Waals surface area contributed by atoms with Gasteiger partial charge in [-0.15, -0.1) is 0 Å². The van der Waals surface area contributed by atoms with Crippen molar-refractivity contribution in [2.75, 3.05) is 32.8 Å². The average molecular weight is 472 g/mol. The third-order valence-corrected chi connectivity index (χ3v) is 7.83. The van der Waals surface area contributed by atoms with Crippen molar-refractivity contribution in [3.05, 3.63) is 59.5 Å². The SMILES string of the molecule is CCOc1ccc(S(=O)(=O)N2CCN(C(=O)c3cnn(C)c3-n3c(C)ccc3C)CC2)cc1. The van der Waals surface area contributed by atoms with Crippen LogP contribution >= 0.6 is 0 Å². The molecule has 1 amide bonds. The van der Waals surface area contributed by atoms with E-state index in [1.165, 1.54) is 4.31 Å². The summed E-state index contributed by atoms with van der Waals surface area (Å²) >= 11 is 0. The van der Waals surface area contributed by atoms with Crippen LogP contribution in [0.15, 0.2) is 47.5 Å². The van der Waals surface area contributed by atoms with Gasteiger partial charge in [0, 0.05) is 44.6 Å². The molecule has 33 heavy (non-hydrogen) atoms. The zero-order chi connectivity index (χ0) is 23.8. The van der Waals surface area contributed by atoms with Gasteiger partial charge in [0.1, 0.15) is 17.1 Å². The molecule has 4 rings (SSSR count). The number of hydrogen-bond acceptors (Lipinski definition) is 5. The molecule has 0 bridgehead atoms. The van der Waals surface area contributed by atoms with Crippen molar-refractivity contribution in [2.24, 2.45) is 7.05 Å². The summed E-state index contributed by atoms with van der Waals surface area (Å²) in [5.74, 6) is 1.19. The molecule has 0 spiro atoms. The number of sulfonamides is 1. The van der Waals surface area contributed by atoms with Crippen molar-refractivity contribution in [3.8, 4) is 11.6 Å². The molecule has 0 aliphatic carbocycles. The molecule has 1 aliphatic rings. The number of amides is 1. The van der Waals surface area contributed by atoms with E-state index in [-0.39, 0.29) is 23.9 Å². The Labute approximate surface area is 194 Å². The molecule has 1 fully saturated rings. The van der Waals surface area contributed by atoms with E-state index in [9.17, 15) is 13.2 Å². The highest BCUT2D eigenvalue weighted by Gasteiger charge is 2.32. The highest BCUT2D eigenvalue weighted by molar-refractivity contribution is 7.89. The molecule has 0 atom stereocenters. The number of hydrogen-bond donors (Lipinski definition) is 0. The number of rotatable bonds is 6. The Bertz CT molecular complexity index is 1230. The fourth-order valence-electron chi connectivity index (χ4n) is 4.18. The topological polar surface area (TPSA) is 89.7 Å². The summed E-state index contributed by atoms with van der Waals surface area (Å²) in [7, 11) is -1.83. The maximum atomic E-state index is 13.4. The Morgan fingerprint density at radius 2 is 1.61 bits per heavy atom. The lowest BCUT2D eigenvalue weighted by molar-refractivity contribution is 0.0698. The summed E-state index contributed by atoms with van der Waals surface area (Å²) in [4.78, 5) is 15.3. The summed E-state index contributed by atoms with van der Waals surface area (Å²) in [5, 5.41) is 4.32. The van der Waals surface area contributed by atoms with E-state index in [2.05, 4.69) is 5.10 Å². The molecular weight excluding hydrogens is 442 g/mol. The smallest absolute Gasteiger partial charge is 0.259 e. The summed E-state index contributed by atoms with van der Waals surface area (Å²) < 4.78 is 36.6. The second kappa shape index (κ2) is 9.03. The van der Waals surface area contributed by atoms with Crippen LogP contribution in [0.3, 0.4) is 0 Å². The molecule has 3 aromatic rings. The standard InChI is InChI=1S/C23H29N5O4S/c1-5-32-19-8-10-20(11-9-19)33(30,31)27-14-12-26(13-15-27)23(29)21-16-24-25(4)22(21)28-17(2)6-7-18(28)3/h6-11,16H,5,12-15H2,1-4H3. The predicted octanol–water partition coefficient (Wildman–Crippen LogP) is 2.37. The molecule has 0 unspecified atom stereocenters. The zero-order valence-corrected chi connectivity index (χ0v) is 20.2. The molecule has 0 N–H and O–H groups in total. The Morgan fingerprint density at radius 3 is 2.18 bits per heavy atom. The predicted molar refractivity (Wildman–Crippen MR) is 124 cm³/mol. The molecular formula is C23H29N5O4S. The van der Waals surface area contributed by atoms with Gasteiger partial charge in [0.05, 0.1) is 17.7 Å². The van der Waals surface area contributed by atoms with E-state index >= 15 is 0 Å². The third kappa shape index (κ3) is 4.28. The minimum atomic E-state index is -3.64. The van der Waals surface area contributed by atoms with Gasteiger partial charge in [0.25, 0.3) is 5.91 Å². The molecule has 1 saturated heterocycles. The number of aromatic nitrogens is 3. The molecule has 0 saturated carbocycles. The molecule has 2 aromatic heterocycles. The Kier molecular flexibility index (Phi) is 6.31. The first-order valence-electron chi connectivity index (χ1n) is 10.9. The van der Waals surface area contributed by atoms with Crippen molar-refractivity contribution in [2.45, 2.75) is 25.7 Å². The number of ether oxygens (including phenoxy) is 1. The zero-order valence-electron chi connectivity index (χ0n) is 19.4. The second-order valence-corrected chi connectivity index (χ2v) is 10.00. The van der Waals surface area contributed by atoms with E-state index in [0.717, 1.165) is 11.4 Å². The van der Waals surface area contributed by atoms with Gasteiger partial charge in [-0.3, -0.25) is 9.48 Å². The molecule has 3 heterocycles.